The Bertz CT molecular complexity index is 1650. The molecule has 0 saturated heterocycles. The van der Waals surface area contributed by atoms with E-state index in [1.54, 1.807) is 19.9 Å². The topological polar surface area (TPSA) is 142 Å². The third-order valence-electron chi connectivity index (χ3n) is 7.48. The van der Waals surface area contributed by atoms with Crippen LogP contribution in [0.25, 0.3) is 0 Å². The number of nitro groups is 1. The minimum atomic E-state index is -1.25. The minimum absolute atomic E-state index is 0.0143. The lowest BCUT2D eigenvalue weighted by atomic mass is 9.68. The van der Waals surface area contributed by atoms with Crippen molar-refractivity contribution in [3.05, 3.63) is 115 Å². The summed E-state index contributed by atoms with van der Waals surface area (Å²) in [5.74, 6) is -5.81. The highest BCUT2D eigenvalue weighted by Gasteiger charge is 2.51. The van der Waals surface area contributed by atoms with E-state index in [9.17, 15) is 28.9 Å². The van der Waals surface area contributed by atoms with Crippen LogP contribution in [0.5, 0.6) is 0 Å². The van der Waals surface area contributed by atoms with Gasteiger partial charge in [-0.15, -0.1) is 11.3 Å². The van der Waals surface area contributed by atoms with E-state index in [-0.39, 0.29) is 47.9 Å². The molecule has 3 atom stereocenters. The highest BCUT2D eigenvalue weighted by molar-refractivity contribution is 7.10. The molecule has 10 nitrogen and oxygen atoms in total. The van der Waals surface area contributed by atoms with Crippen molar-refractivity contribution in [2.45, 2.75) is 32.1 Å². The molecule has 0 saturated carbocycles. The van der Waals surface area contributed by atoms with Crippen LogP contribution in [0.4, 0.5) is 15.8 Å². The molecule has 2 heterocycles. The number of nitrogens with zero attached hydrogens (tertiary/aromatic N) is 2. The Kier molecular flexibility index (Phi) is 8.40. The number of benzene rings is 2. The van der Waals surface area contributed by atoms with Crippen molar-refractivity contribution >= 4 is 40.4 Å². The summed E-state index contributed by atoms with van der Waals surface area (Å²) < 4.78 is 24.7. The Morgan fingerprint density at radius 1 is 1.09 bits per heavy atom. The fourth-order valence-electron chi connectivity index (χ4n) is 5.75. The normalized spacial score (nSPS) is 20.1. The second-order valence-corrected chi connectivity index (χ2v) is 10.9. The fraction of sp³-hybridized carbons (Fsp3) is 0.258. The van der Waals surface area contributed by atoms with E-state index in [0.717, 1.165) is 4.88 Å². The van der Waals surface area contributed by atoms with Gasteiger partial charge in [0.1, 0.15) is 17.6 Å². The molecule has 0 bridgehead atoms. The van der Waals surface area contributed by atoms with Gasteiger partial charge in [-0.1, -0.05) is 18.2 Å². The van der Waals surface area contributed by atoms with Gasteiger partial charge in [0.25, 0.3) is 5.69 Å². The summed E-state index contributed by atoms with van der Waals surface area (Å²) in [6, 6.07) is 14.6. The SMILES string of the molecule is CCOC(=O)C1=C(N)N(c2ccc(F)cc2)C2=C(C(=O)[C@H](C(=O)OCC)[C@H](c3cccs3)C2)[C@@H]1c1cccc([N+](=O)[O-])c1. The van der Waals surface area contributed by atoms with E-state index in [0.29, 0.717) is 11.4 Å². The largest absolute Gasteiger partial charge is 0.465 e. The zero-order valence-electron chi connectivity index (χ0n) is 23.3. The summed E-state index contributed by atoms with van der Waals surface area (Å²) in [7, 11) is 0. The molecule has 0 unspecified atom stereocenters. The van der Waals surface area contributed by atoms with E-state index in [1.807, 2.05) is 17.5 Å². The zero-order chi connectivity index (χ0) is 30.8. The summed E-state index contributed by atoms with van der Waals surface area (Å²) in [5, 5.41) is 13.6. The lowest BCUT2D eigenvalue weighted by molar-refractivity contribution is -0.384. The first-order chi connectivity index (χ1) is 20.7. The van der Waals surface area contributed by atoms with Gasteiger partial charge in [0.2, 0.25) is 0 Å². The van der Waals surface area contributed by atoms with Crippen LogP contribution in [0.2, 0.25) is 0 Å². The van der Waals surface area contributed by atoms with Crippen molar-refractivity contribution in [3.8, 4) is 0 Å². The average Bonchev–Trinajstić information content (AvgIpc) is 3.52. The number of hydrogen-bond acceptors (Lipinski definition) is 10. The van der Waals surface area contributed by atoms with Gasteiger partial charge < -0.3 is 15.2 Å². The molecule has 1 aromatic heterocycles. The molecule has 0 amide bonds. The second-order valence-electron chi connectivity index (χ2n) is 9.90. The van der Waals surface area contributed by atoms with Crippen LogP contribution in [0.3, 0.4) is 0 Å². The Balaban J connectivity index is 1.83. The molecule has 43 heavy (non-hydrogen) atoms. The zero-order valence-corrected chi connectivity index (χ0v) is 24.1. The Morgan fingerprint density at radius 3 is 2.44 bits per heavy atom. The third-order valence-corrected chi connectivity index (χ3v) is 8.49. The van der Waals surface area contributed by atoms with Crippen LogP contribution in [0.15, 0.2) is 88.7 Å². The fourth-order valence-corrected chi connectivity index (χ4v) is 6.61. The molecule has 222 valence electrons. The maximum atomic E-state index is 14.7. The molecule has 0 spiro atoms. The van der Waals surface area contributed by atoms with Gasteiger partial charge in [0, 0.05) is 39.9 Å². The van der Waals surface area contributed by atoms with E-state index >= 15 is 0 Å². The molecule has 1 aliphatic carbocycles. The smallest absolute Gasteiger partial charge is 0.338 e. The number of carbonyl (C=O) groups is 3. The number of carbonyl (C=O) groups excluding carboxylic acids is 3. The van der Waals surface area contributed by atoms with Gasteiger partial charge in [-0.25, -0.2) is 9.18 Å². The minimum Gasteiger partial charge on any atom is -0.465 e. The molecule has 0 radical (unpaired) electrons. The molecule has 3 aromatic rings. The standard InChI is InChI=1S/C31H28FN3O7S/c1-3-41-30(37)25-21(23-9-6-14-43-23)16-22-26(28(25)36)24(17-7-5-8-20(15-17)35(39)40)27(31(38)42-4-2)29(33)34(22)19-12-10-18(32)11-13-19/h5-15,21,24-25H,3-4,16,33H2,1-2H3/t21-,24-,25+/m0/s1. The average molecular weight is 606 g/mol. The van der Waals surface area contributed by atoms with Crippen LogP contribution in [0, 0.1) is 21.8 Å². The van der Waals surface area contributed by atoms with Gasteiger partial charge in [-0.05, 0) is 61.5 Å². The summed E-state index contributed by atoms with van der Waals surface area (Å²) >= 11 is 1.38. The van der Waals surface area contributed by atoms with Gasteiger partial charge in [-0.2, -0.15) is 0 Å². The van der Waals surface area contributed by atoms with Crippen molar-refractivity contribution in [1.82, 2.24) is 0 Å². The van der Waals surface area contributed by atoms with Crippen LogP contribution >= 0.6 is 11.3 Å². The number of non-ortho nitro benzene ring substituents is 1. The number of hydrogen-bond donors (Lipinski definition) is 1. The van der Waals surface area contributed by atoms with Crippen molar-refractivity contribution < 1.29 is 33.2 Å². The maximum Gasteiger partial charge on any atom is 0.338 e. The number of nitro benzene ring substituents is 1. The van der Waals surface area contributed by atoms with Gasteiger partial charge >= 0.3 is 11.9 Å². The number of esters is 2. The number of nitrogens with two attached hydrogens (primary N) is 1. The highest BCUT2D eigenvalue weighted by atomic mass is 32.1. The number of ether oxygens (including phenoxy) is 2. The van der Waals surface area contributed by atoms with E-state index in [4.69, 9.17) is 15.2 Å². The van der Waals surface area contributed by atoms with E-state index in [2.05, 4.69) is 0 Å². The molecule has 2 aromatic carbocycles. The summed E-state index contributed by atoms with van der Waals surface area (Å²) in [6.45, 7) is 3.28. The lowest BCUT2D eigenvalue weighted by Gasteiger charge is -2.43. The van der Waals surface area contributed by atoms with Crippen LogP contribution in [-0.4, -0.2) is 35.9 Å². The van der Waals surface area contributed by atoms with Gasteiger partial charge in [0.05, 0.1) is 29.6 Å². The number of anilines is 1. The number of allylic oxidation sites excluding steroid dienone is 2. The predicted octanol–water partition coefficient (Wildman–Crippen LogP) is 5.32. The van der Waals surface area contributed by atoms with Crippen molar-refractivity contribution in [1.29, 1.82) is 0 Å². The Labute approximate surface area is 250 Å². The molecule has 1 aliphatic heterocycles. The Morgan fingerprint density at radius 2 is 1.81 bits per heavy atom. The molecule has 2 aliphatic rings. The highest BCUT2D eigenvalue weighted by Crippen LogP contribution is 2.52. The van der Waals surface area contributed by atoms with Crippen molar-refractivity contribution in [2.75, 3.05) is 18.1 Å². The quantitative estimate of drug-likeness (QED) is 0.156. The third kappa shape index (κ3) is 5.41. The number of halogens is 1. The lowest BCUT2D eigenvalue weighted by Crippen LogP contribution is -2.46. The van der Waals surface area contributed by atoms with Gasteiger partial charge in [-0.3, -0.25) is 24.6 Å². The summed E-state index contributed by atoms with van der Waals surface area (Å²) in [6.07, 6.45) is 0.130. The number of Topliss-reactive ketones (excluding diaryl/α,β-unsaturated/α-hetero) is 1. The molecule has 2 N–H and O–H groups in total. The number of ketones is 1. The molecule has 0 fully saturated rings. The summed E-state index contributed by atoms with van der Waals surface area (Å²) in [4.78, 5) is 55.1. The van der Waals surface area contributed by atoms with Crippen LogP contribution in [0.1, 0.15) is 42.5 Å². The predicted molar refractivity (Wildman–Crippen MR) is 156 cm³/mol. The first kappa shape index (κ1) is 29.6. The summed E-state index contributed by atoms with van der Waals surface area (Å²) in [5.41, 5.74) is 7.43. The molecular weight excluding hydrogens is 577 g/mol. The first-order valence-electron chi connectivity index (χ1n) is 13.6. The molecule has 12 heteroatoms. The van der Waals surface area contributed by atoms with Crippen LogP contribution < -0.4 is 10.6 Å². The number of thiophene rings is 1. The Hall–Kier alpha value is -4.84. The van der Waals surface area contributed by atoms with E-state index < -0.39 is 46.2 Å². The number of rotatable bonds is 8. The second kappa shape index (κ2) is 12.2. The maximum absolute atomic E-state index is 14.7. The molecular formula is C31H28FN3O7S. The monoisotopic (exact) mass is 605 g/mol. The van der Waals surface area contributed by atoms with Crippen molar-refractivity contribution in [3.63, 3.8) is 0 Å². The van der Waals surface area contributed by atoms with Crippen molar-refractivity contribution in [2.24, 2.45) is 11.7 Å². The molecule has 5 rings (SSSR count). The first-order valence-corrected chi connectivity index (χ1v) is 14.5. The van der Waals surface area contributed by atoms with Gasteiger partial charge in [0.15, 0.2) is 5.78 Å². The van der Waals surface area contributed by atoms with Crippen LogP contribution in [-0.2, 0) is 23.9 Å². The van der Waals surface area contributed by atoms with E-state index in [1.165, 1.54) is 58.7 Å².